The predicted molar refractivity (Wildman–Crippen MR) is 83.7 cm³/mol. The molecular formula is C17H20N4O. The van der Waals surface area contributed by atoms with E-state index in [2.05, 4.69) is 45.1 Å². The highest BCUT2D eigenvalue weighted by atomic mass is 16.1. The van der Waals surface area contributed by atoms with Crippen LogP contribution >= 0.6 is 0 Å². The average Bonchev–Trinajstić information content (AvgIpc) is 3.25. The van der Waals surface area contributed by atoms with Gasteiger partial charge < -0.3 is 10.6 Å². The first-order valence-electron chi connectivity index (χ1n) is 7.89. The Morgan fingerprint density at radius 1 is 1.27 bits per heavy atom. The van der Waals surface area contributed by atoms with E-state index in [0.717, 1.165) is 43.6 Å². The Bertz CT molecular complexity index is 688. The molecule has 1 amide bonds. The first-order chi connectivity index (χ1) is 10.8. The minimum Gasteiger partial charge on any atom is -0.350 e. The number of hydrogen-bond donors (Lipinski definition) is 3. The van der Waals surface area contributed by atoms with E-state index in [1.807, 2.05) is 6.07 Å². The van der Waals surface area contributed by atoms with Crippen LogP contribution in [0.4, 0.5) is 0 Å². The van der Waals surface area contributed by atoms with E-state index in [0.29, 0.717) is 12.2 Å². The Morgan fingerprint density at radius 2 is 2.09 bits per heavy atom. The van der Waals surface area contributed by atoms with Crippen LogP contribution in [0.5, 0.6) is 0 Å². The van der Waals surface area contributed by atoms with Gasteiger partial charge >= 0.3 is 0 Å². The third kappa shape index (κ3) is 2.31. The monoisotopic (exact) mass is 296 g/mol. The van der Waals surface area contributed by atoms with Crippen molar-refractivity contribution in [3.63, 3.8) is 0 Å². The molecule has 0 saturated heterocycles. The van der Waals surface area contributed by atoms with Crippen LogP contribution in [0.15, 0.2) is 30.3 Å². The van der Waals surface area contributed by atoms with E-state index < -0.39 is 0 Å². The highest BCUT2D eigenvalue weighted by Crippen LogP contribution is 2.47. The van der Waals surface area contributed by atoms with Crippen molar-refractivity contribution in [2.45, 2.75) is 31.2 Å². The summed E-state index contributed by atoms with van der Waals surface area (Å²) >= 11 is 0. The summed E-state index contributed by atoms with van der Waals surface area (Å²) in [6.07, 6.45) is 3.18. The van der Waals surface area contributed by atoms with Crippen molar-refractivity contribution in [2.24, 2.45) is 0 Å². The van der Waals surface area contributed by atoms with Gasteiger partial charge in [-0.1, -0.05) is 30.3 Å². The maximum Gasteiger partial charge on any atom is 0.272 e. The lowest BCUT2D eigenvalue weighted by Gasteiger charge is -2.17. The maximum absolute atomic E-state index is 12.5. The second-order valence-electron chi connectivity index (χ2n) is 6.29. The largest absolute Gasteiger partial charge is 0.350 e. The molecule has 5 nitrogen and oxygen atoms in total. The van der Waals surface area contributed by atoms with E-state index in [-0.39, 0.29) is 11.3 Å². The number of fused-ring (bicyclic) bond motifs is 1. The number of aromatic nitrogens is 2. The van der Waals surface area contributed by atoms with Crippen molar-refractivity contribution >= 4 is 5.91 Å². The Labute approximate surface area is 129 Å². The Balaban J connectivity index is 1.46. The van der Waals surface area contributed by atoms with Crippen LogP contribution in [0.3, 0.4) is 0 Å². The van der Waals surface area contributed by atoms with E-state index in [9.17, 15) is 4.79 Å². The van der Waals surface area contributed by atoms with Crippen LogP contribution in [0.25, 0.3) is 0 Å². The molecule has 0 spiro atoms. The molecule has 5 heteroatoms. The van der Waals surface area contributed by atoms with Gasteiger partial charge in [-0.05, 0) is 18.4 Å². The molecule has 2 aromatic rings. The molecule has 114 valence electrons. The van der Waals surface area contributed by atoms with E-state index in [1.165, 1.54) is 5.56 Å². The second-order valence-corrected chi connectivity index (χ2v) is 6.29. The molecule has 2 heterocycles. The summed E-state index contributed by atoms with van der Waals surface area (Å²) in [5.74, 6) is -0.0663. The van der Waals surface area contributed by atoms with Crippen molar-refractivity contribution in [2.75, 3.05) is 13.1 Å². The standard InChI is InChI=1S/C17H20N4O/c22-16(15-13-10-18-9-6-14(13)20-21-15)19-11-17(7-8-17)12-4-2-1-3-5-12/h1-5,18H,6-11H2,(H,19,22)(H,20,21). The molecule has 22 heavy (non-hydrogen) atoms. The van der Waals surface area contributed by atoms with Gasteiger partial charge in [-0.15, -0.1) is 0 Å². The highest BCUT2D eigenvalue weighted by Gasteiger charge is 2.44. The molecule has 1 aliphatic carbocycles. The molecule has 1 saturated carbocycles. The average molecular weight is 296 g/mol. The lowest BCUT2D eigenvalue weighted by molar-refractivity contribution is 0.0943. The van der Waals surface area contributed by atoms with Gasteiger partial charge in [-0.2, -0.15) is 5.10 Å². The zero-order valence-corrected chi connectivity index (χ0v) is 12.5. The van der Waals surface area contributed by atoms with Gasteiger partial charge in [0.1, 0.15) is 0 Å². The summed E-state index contributed by atoms with van der Waals surface area (Å²) in [5.41, 5.74) is 4.11. The summed E-state index contributed by atoms with van der Waals surface area (Å²) in [4.78, 5) is 12.5. The van der Waals surface area contributed by atoms with Crippen molar-refractivity contribution in [1.29, 1.82) is 0 Å². The normalized spacial score (nSPS) is 18.5. The number of H-pyrrole nitrogens is 1. The molecular weight excluding hydrogens is 276 g/mol. The van der Waals surface area contributed by atoms with Crippen molar-refractivity contribution in [1.82, 2.24) is 20.8 Å². The quantitative estimate of drug-likeness (QED) is 0.801. The SMILES string of the molecule is O=C(NCC1(c2ccccc2)CC1)c1n[nH]c2c1CNCC2. The first kappa shape index (κ1) is 13.5. The third-order valence-electron chi connectivity index (χ3n) is 4.85. The molecule has 2 aliphatic rings. The topological polar surface area (TPSA) is 69.8 Å². The van der Waals surface area contributed by atoms with Crippen molar-refractivity contribution in [3.05, 3.63) is 52.8 Å². The molecule has 0 atom stereocenters. The molecule has 0 bridgehead atoms. The minimum absolute atomic E-state index is 0.0663. The Hall–Kier alpha value is -2.14. The first-order valence-corrected chi connectivity index (χ1v) is 7.89. The number of aromatic amines is 1. The van der Waals surface area contributed by atoms with Gasteiger partial charge in [-0.25, -0.2) is 0 Å². The number of carbonyl (C=O) groups excluding carboxylic acids is 1. The number of nitrogens with zero attached hydrogens (tertiary/aromatic N) is 1. The number of hydrogen-bond acceptors (Lipinski definition) is 3. The summed E-state index contributed by atoms with van der Waals surface area (Å²) in [6, 6.07) is 10.5. The van der Waals surface area contributed by atoms with Gasteiger partial charge in [0.25, 0.3) is 5.91 Å². The summed E-state index contributed by atoms with van der Waals surface area (Å²) in [5, 5.41) is 13.6. The van der Waals surface area contributed by atoms with Crippen molar-refractivity contribution < 1.29 is 4.79 Å². The van der Waals surface area contributed by atoms with Crippen LogP contribution in [0.1, 0.15) is 40.2 Å². The van der Waals surface area contributed by atoms with E-state index >= 15 is 0 Å². The van der Waals surface area contributed by atoms with Gasteiger partial charge in [0.2, 0.25) is 0 Å². The van der Waals surface area contributed by atoms with Gasteiger partial charge in [0.15, 0.2) is 5.69 Å². The van der Waals surface area contributed by atoms with Crippen LogP contribution in [0, 0.1) is 0 Å². The molecule has 4 rings (SSSR count). The number of carbonyl (C=O) groups is 1. The molecule has 3 N–H and O–H groups in total. The fraction of sp³-hybridized carbons (Fsp3) is 0.412. The van der Waals surface area contributed by atoms with Crippen LogP contribution in [0.2, 0.25) is 0 Å². The third-order valence-corrected chi connectivity index (χ3v) is 4.85. The number of rotatable bonds is 4. The minimum atomic E-state index is -0.0663. The Kier molecular flexibility index (Phi) is 3.22. The lowest BCUT2D eigenvalue weighted by Crippen LogP contribution is -2.34. The smallest absolute Gasteiger partial charge is 0.272 e. The number of benzene rings is 1. The second kappa shape index (κ2) is 5.25. The molecule has 1 aliphatic heterocycles. The zero-order valence-electron chi connectivity index (χ0n) is 12.5. The van der Waals surface area contributed by atoms with Crippen LogP contribution < -0.4 is 10.6 Å². The van der Waals surface area contributed by atoms with E-state index in [1.54, 1.807) is 0 Å². The maximum atomic E-state index is 12.5. The van der Waals surface area contributed by atoms with Crippen molar-refractivity contribution in [3.8, 4) is 0 Å². The molecule has 1 fully saturated rings. The highest BCUT2D eigenvalue weighted by molar-refractivity contribution is 5.94. The zero-order chi connectivity index (χ0) is 15.0. The summed E-state index contributed by atoms with van der Waals surface area (Å²) < 4.78 is 0. The van der Waals surface area contributed by atoms with Crippen LogP contribution in [-0.4, -0.2) is 29.2 Å². The van der Waals surface area contributed by atoms with Gasteiger partial charge in [0, 0.05) is 42.7 Å². The Morgan fingerprint density at radius 3 is 2.86 bits per heavy atom. The van der Waals surface area contributed by atoms with Gasteiger partial charge in [0.05, 0.1) is 0 Å². The molecule has 1 aromatic carbocycles. The fourth-order valence-corrected chi connectivity index (χ4v) is 3.26. The predicted octanol–water partition coefficient (Wildman–Crippen LogP) is 1.52. The number of amides is 1. The van der Waals surface area contributed by atoms with Gasteiger partial charge in [-0.3, -0.25) is 9.89 Å². The number of nitrogens with one attached hydrogen (secondary N) is 3. The molecule has 1 aromatic heterocycles. The lowest BCUT2D eigenvalue weighted by atomic mass is 9.96. The van der Waals surface area contributed by atoms with E-state index in [4.69, 9.17) is 0 Å². The molecule has 0 unspecified atom stereocenters. The summed E-state index contributed by atoms with van der Waals surface area (Å²) in [6.45, 7) is 2.34. The van der Waals surface area contributed by atoms with Crippen LogP contribution in [-0.2, 0) is 18.4 Å². The summed E-state index contributed by atoms with van der Waals surface area (Å²) in [7, 11) is 0. The fourth-order valence-electron chi connectivity index (χ4n) is 3.26. The molecule has 0 radical (unpaired) electrons.